The molecule has 1 aromatic rings. The van der Waals surface area contributed by atoms with Gasteiger partial charge in [-0.2, -0.15) is 0 Å². The second kappa shape index (κ2) is 5.34. The largest absolute Gasteiger partial charge is 0.396 e. The van der Waals surface area contributed by atoms with E-state index in [0.29, 0.717) is 15.6 Å². The number of carbonyl (C=O) groups excluding carboxylic acids is 1. The second-order valence-corrected chi connectivity index (χ2v) is 4.71. The molecule has 1 atom stereocenters. The Balaban J connectivity index is 2.50. The number of carbonyl (C=O) groups is 1. The number of thiophene rings is 1. The van der Waals surface area contributed by atoms with Gasteiger partial charge in [-0.25, -0.2) is 0 Å². The molecule has 0 saturated carbocycles. The van der Waals surface area contributed by atoms with Gasteiger partial charge in [0.1, 0.15) is 0 Å². The highest BCUT2D eigenvalue weighted by Gasteiger charge is 2.10. The molecule has 14 heavy (non-hydrogen) atoms. The quantitative estimate of drug-likeness (QED) is 0.835. The third-order valence-corrected chi connectivity index (χ3v) is 2.97. The van der Waals surface area contributed by atoms with Crippen molar-refractivity contribution in [2.45, 2.75) is 19.4 Å². The Morgan fingerprint density at radius 3 is 2.93 bits per heavy atom. The molecule has 1 rings (SSSR count). The minimum Gasteiger partial charge on any atom is -0.396 e. The maximum absolute atomic E-state index is 11.5. The van der Waals surface area contributed by atoms with Crippen molar-refractivity contribution in [3.63, 3.8) is 0 Å². The minimum absolute atomic E-state index is 0.0200. The molecule has 0 aliphatic carbocycles. The van der Waals surface area contributed by atoms with E-state index in [2.05, 4.69) is 5.32 Å². The first-order chi connectivity index (χ1) is 6.63. The van der Waals surface area contributed by atoms with E-state index in [4.69, 9.17) is 16.7 Å². The highest BCUT2D eigenvalue weighted by atomic mass is 35.5. The normalized spacial score (nSPS) is 12.5. The summed E-state index contributed by atoms with van der Waals surface area (Å²) in [5.74, 6) is -0.136. The number of nitrogens with one attached hydrogen (secondary N) is 1. The van der Waals surface area contributed by atoms with E-state index in [1.807, 2.05) is 6.92 Å². The predicted octanol–water partition coefficient (Wildman–Crippen LogP) is 1.90. The molecule has 0 radical (unpaired) electrons. The number of rotatable bonds is 4. The zero-order chi connectivity index (χ0) is 10.6. The van der Waals surface area contributed by atoms with E-state index < -0.39 is 0 Å². The highest BCUT2D eigenvalue weighted by molar-refractivity contribution is 7.17. The summed E-state index contributed by atoms with van der Waals surface area (Å²) >= 11 is 6.95. The average molecular weight is 234 g/mol. The zero-order valence-corrected chi connectivity index (χ0v) is 9.36. The summed E-state index contributed by atoms with van der Waals surface area (Å²) in [6.07, 6.45) is 0.560. The Hall–Kier alpha value is -0.580. The lowest BCUT2D eigenvalue weighted by molar-refractivity contribution is 0.0938. The molecular formula is C9H12ClNO2S. The molecule has 0 bridgehead atoms. The predicted molar refractivity (Wildman–Crippen MR) is 58.0 cm³/mol. The third kappa shape index (κ3) is 3.29. The summed E-state index contributed by atoms with van der Waals surface area (Å²) in [5.41, 5.74) is 0. The van der Waals surface area contributed by atoms with Gasteiger partial charge in [0, 0.05) is 12.6 Å². The zero-order valence-electron chi connectivity index (χ0n) is 7.79. The molecule has 78 valence electrons. The summed E-state index contributed by atoms with van der Waals surface area (Å²) in [6.45, 7) is 1.93. The SMILES string of the molecule is CC(CCO)NC(=O)c1ccc(Cl)s1. The van der Waals surface area contributed by atoms with Crippen LogP contribution in [0.15, 0.2) is 12.1 Å². The smallest absolute Gasteiger partial charge is 0.261 e. The molecule has 0 spiro atoms. The summed E-state index contributed by atoms with van der Waals surface area (Å²) in [6, 6.07) is 3.36. The van der Waals surface area contributed by atoms with Crippen LogP contribution in [0.5, 0.6) is 0 Å². The van der Waals surface area contributed by atoms with Gasteiger partial charge < -0.3 is 10.4 Å². The summed E-state index contributed by atoms with van der Waals surface area (Å²) in [5, 5.41) is 11.4. The van der Waals surface area contributed by atoms with Crippen LogP contribution >= 0.6 is 22.9 Å². The van der Waals surface area contributed by atoms with Crippen LogP contribution in [-0.4, -0.2) is 23.7 Å². The fourth-order valence-electron chi connectivity index (χ4n) is 0.997. The second-order valence-electron chi connectivity index (χ2n) is 2.99. The molecular weight excluding hydrogens is 222 g/mol. The van der Waals surface area contributed by atoms with Crippen LogP contribution in [0.4, 0.5) is 0 Å². The standard InChI is InChI=1S/C9H12ClNO2S/c1-6(4-5-12)11-9(13)7-2-3-8(10)14-7/h2-3,6,12H,4-5H2,1H3,(H,11,13). The Bertz CT molecular complexity index is 314. The summed E-state index contributed by atoms with van der Waals surface area (Å²) < 4.78 is 0.602. The number of aliphatic hydroxyl groups is 1. The molecule has 1 heterocycles. The van der Waals surface area contributed by atoms with Gasteiger partial charge in [0.2, 0.25) is 0 Å². The summed E-state index contributed by atoms with van der Waals surface area (Å²) in [7, 11) is 0. The number of hydrogen-bond acceptors (Lipinski definition) is 3. The number of amides is 1. The topological polar surface area (TPSA) is 49.3 Å². The first-order valence-electron chi connectivity index (χ1n) is 4.30. The van der Waals surface area contributed by atoms with Crippen LogP contribution in [0.3, 0.4) is 0 Å². The van der Waals surface area contributed by atoms with E-state index >= 15 is 0 Å². The van der Waals surface area contributed by atoms with Crippen LogP contribution in [0.25, 0.3) is 0 Å². The van der Waals surface area contributed by atoms with Crippen LogP contribution in [0.2, 0.25) is 4.34 Å². The van der Waals surface area contributed by atoms with E-state index in [1.165, 1.54) is 11.3 Å². The average Bonchev–Trinajstić information content (AvgIpc) is 2.52. The summed E-state index contributed by atoms with van der Waals surface area (Å²) in [4.78, 5) is 12.1. The number of aliphatic hydroxyl groups excluding tert-OH is 1. The molecule has 0 aliphatic rings. The van der Waals surface area contributed by atoms with Crippen molar-refractivity contribution in [2.75, 3.05) is 6.61 Å². The van der Waals surface area contributed by atoms with Crippen LogP contribution in [-0.2, 0) is 0 Å². The Morgan fingerprint density at radius 2 is 2.43 bits per heavy atom. The third-order valence-electron chi connectivity index (χ3n) is 1.74. The van der Waals surface area contributed by atoms with Crippen molar-refractivity contribution in [3.8, 4) is 0 Å². The molecule has 5 heteroatoms. The molecule has 2 N–H and O–H groups in total. The van der Waals surface area contributed by atoms with Gasteiger partial charge in [-0.1, -0.05) is 11.6 Å². The molecule has 1 unspecified atom stereocenters. The maximum Gasteiger partial charge on any atom is 0.261 e. The van der Waals surface area contributed by atoms with Gasteiger partial charge in [-0.05, 0) is 25.5 Å². The minimum atomic E-state index is -0.136. The lowest BCUT2D eigenvalue weighted by atomic mass is 10.2. The highest BCUT2D eigenvalue weighted by Crippen LogP contribution is 2.21. The van der Waals surface area contributed by atoms with Crippen LogP contribution in [0.1, 0.15) is 23.0 Å². The molecule has 1 amide bonds. The van der Waals surface area contributed by atoms with Crippen LogP contribution in [0, 0.1) is 0 Å². The van der Waals surface area contributed by atoms with Crippen molar-refractivity contribution >= 4 is 28.8 Å². The lowest BCUT2D eigenvalue weighted by Crippen LogP contribution is -2.32. The lowest BCUT2D eigenvalue weighted by Gasteiger charge is -2.10. The van der Waals surface area contributed by atoms with Crippen molar-refractivity contribution in [2.24, 2.45) is 0 Å². The Morgan fingerprint density at radius 1 is 1.71 bits per heavy atom. The fraction of sp³-hybridized carbons (Fsp3) is 0.444. The maximum atomic E-state index is 11.5. The van der Waals surface area contributed by atoms with Crippen molar-refractivity contribution < 1.29 is 9.90 Å². The van der Waals surface area contributed by atoms with Gasteiger partial charge >= 0.3 is 0 Å². The fourth-order valence-corrected chi connectivity index (χ4v) is 1.94. The first-order valence-corrected chi connectivity index (χ1v) is 5.50. The van der Waals surface area contributed by atoms with E-state index in [-0.39, 0.29) is 18.6 Å². The first kappa shape index (κ1) is 11.5. The van der Waals surface area contributed by atoms with E-state index in [9.17, 15) is 4.79 Å². The van der Waals surface area contributed by atoms with Gasteiger partial charge in [0.05, 0.1) is 9.21 Å². The molecule has 3 nitrogen and oxygen atoms in total. The molecule has 0 fully saturated rings. The molecule has 0 aromatic carbocycles. The van der Waals surface area contributed by atoms with E-state index in [0.717, 1.165) is 0 Å². The monoisotopic (exact) mass is 233 g/mol. The van der Waals surface area contributed by atoms with Gasteiger partial charge in [0.25, 0.3) is 5.91 Å². The Labute approximate surface area is 91.7 Å². The number of hydrogen-bond donors (Lipinski definition) is 2. The van der Waals surface area contributed by atoms with Crippen molar-refractivity contribution in [1.82, 2.24) is 5.32 Å². The van der Waals surface area contributed by atoms with Crippen LogP contribution < -0.4 is 5.32 Å². The molecule has 0 aliphatic heterocycles. The molecule has 1 aromatic heterocycles. The Kier molecular flexibility index (Phi) is 4.38. The molecule has 0 saturated heterocycles. The van der Waals surface area contributed by atoms with E-state index in [1.54, 1.807) is 12.1 Å². The van der Waals surface area contributed by atoms with Gasteiger partial charge in [0.15, 0.2) is 0 Å². The number of halogens is 1. The van der Waals surface area contributed by atoms with Crippen molar-refractivity contribution in [3.05, 3.63) is 21.3 Å². The van der Waals surface area contributed by atoms with Gasteiger partial charge in [-0.3, -0.25) is 4.79 Å². The van der Waals surface area contributed by atoms with Gasteiger partial charge in [-0.15, -0.1) is 11.3 Å². The van der Waals surface area contributed by atoms with Crippen molar-refractivity contribution in [1.29, 1.82) is 0 Å².